The summed E-state index contributed by atoms with van der Waals surface area (Å²) in [6, 6.07) is 21.7. The summed E-state index contributed by atoms with van der Waals surface area (Å²) < 4.78 is 0. The minimum absolute atomic E-state index is 0.0210. The van der Waals surface area contributed by atoms with E-state index in [1.54, 1.807) is 11.8 Å². The molecule has 3 aromatic rings. The average Bonchev–Trinajstić information content (AvgIpc) is 2.61. The number of nitrogens with one attached hydrogen (secondary N) is 1. The Kier molecular flexibility index (Phi) is 5.44. The van der Waals surface area contributed by atoms with E-state index in [0.717, 1.165) is 27.8 Å². The van der Waals surface area contributed by atoms with Crippen LogP contribution < -0.4 is 5.32 Å². The van der Waals surface area contributed by atoms with E-state index in [-0.39, 0.29) is 11.2 Å². The van der Waals surface area contributed by atoms with Crippen LogP contribution >= 0.6 is 23.4 Å². The number of thioether (sulfide) groups is 1. The van der Waals surface area contributed by atoms with E-state index in [1.165, 1.54) is 0 Å². The van der Waals surface area contributed by atoms with Gasteiger partial charge in [0.15, 0.2) is 0 Å². The number of amides is 1. The summed E-state index contributed by atoms with van der Waals surface area (Å²) in [6.07, 6.45) is 0.757. The Morgan fingerprint density at radius 2 is 1.75 bits per heavy atom. The maximum atomic E-state index is 12.6. The van der Waals surface area contributed by atoms with E-state index >= 15 is 0 Å². The fourth-order valence-corrected chi connectivity index (χ4v) is 3.57. The fraction of sp³-hybridized carbons (Fsp3) is 0.150. The molecule has 3 aromatic carbocycles. The van der Waals surface area contributed by atoms with Crippen LogP contribution in [0.2, 0.25) is 5.02 Å². The van der Waals surface area contributed by atoms with Crippen LogP contribution in [0.25, 0.3) is 10.8 Å². The van der Waals surface area contributed by atoms with Gasteiger partial charge in [-0.25, -0.2) is 0 Å². The van der Waals surface area contributed by atoms with Crippen molar-refractivity contribution in [2.75, 3.05) is 5.32 Å². The van der Waals surface area contributed by atoms with Gasteiger partial charge in [0.05, 0.1) is 5.25 Å². The van der Waals surface area contributed by atoms with E-state index in [0.29, 0.717) is 5.02 Å². The Morgan fingerprint density at radius 3 is 2.46 bits per heavy atom. The first-order valence-corrected chi connectivity index (χ1v) is 9.13. The highest BCUT2D eigenvalue weighted by atomic mass is 35.5. The molecular formula is C20H18ClNOS. The van der Waals surface area contributed by atoms with Gasteiger partial charge in [-0.2, -0.15) is 0 Å². The van der Waals surface area contributed by atoms with E-state index in [9.17, 15) is 4.79 Å². The zero-order chi connectivity index (χ0) is 16.9. The lowest BCUT2D eigenvalue weighted by atomic mass is 10.1. The lowest BCUT2D eigenvalue weighted by Crippen LogP contribution is -2.24. The molecule has 1 N–H and O–H groups in total. The summed E-state index contributed by atoms with van der Waals surface area (Å²) in [4.78, 5) is 13.6. The average molecular weight is 356 g/mol. The van der Waals surface area contributed by atoms with Gasteiger partial charge in [0.25, 0.3) is 0 Å². The fourth-order valence-electron chi connectivity index (χ4n) is 2.49. The number of anilines is 1. The molecular weight excluding hydrogens is 338 g/mol. The number of hydrogen-bond acceptors (Lipinski definition) is 2. The van der Waals surface area contributed by atoms with Crippen LogP contribution in [-0.2, 0) is 4.79 Å². The number of carbonyl (C=O) groups is 1. The van der Waals surface area contributed by atoms with Crippen LogP contribution in [0.1, 0.15) is 13.3 Å². The van der Waals surface area contributed by atoms with Gasteiger partial charge in [-0.3, -0.25) is 4.79 Å². The van der Waals surface area contributed by atoms with Gasteiger partial charge in [-0.1, -0.05) is 48.9 Å². The molecule has 0 radical (unpaired) electrons. The first-order valence-electron chi connectivity index (χ1n) is 7.87. The summed E-state index contributed by atoms with van der Waals surface area (Å²) >= 11 is 7.47. The molecule has 0 fully saturated rings. The molecule has 0 saturated carbocycles. The van der Waals surface area contributed by atoms with Crippen molar-refractivity contribution in [2.24, 2.45) is 0 Å². The molecule has 0 heterocycles. The number of halogens is 1. The third-order valence-electron chi connectivity index (χ3n) is 3.77. The molecule has 0 aliphatic carbocycles. The molecule has 2 nitrogen and oxygen atoms in total. The van der Waals surface area contributed by atoms with Crippen molar-refractivity contribution >= 4 is 45.7 Å². The van der Waals surface area contributed by atoms with Gasteiger partial charge in [-0.15, -0.1) is 11.8 Å². The van der Waals surface area contributed by atoms with Crippen molar-refractivity contribution < 1.29 is 4.79 Å². The largest absolute Gasteiger partial charge is 0.325 e. The van der Waals surface area contributed by atoms with E-state index < -0.39 is 0 Å². The van der Waals surface area contributed by atoms with Crippen LogP contribution in [0.4, 0.5) is 5.69 Å². The topological polar surface area (TPSA) is 29.1 Å². The molecule has 0 aromatic heterocycles. The zero-order valence-electron chi connectivity index (χ0n) is 13.3. The second kappa shape index (κ2) is 7.73. The summed E-state index contributed by atoms with van der Waals surface area (Å²) in [6.45, 7) is 2.02. The quantitative estimate of drug-likeness (QED) is 0.568. The third-order valence-corrected chi connectivity index (χ3v) is 5.40. The van der Waals surface area contributed by atoms with E-state index in [2.05, 4.69) is 11.4 Å². The second-order valence-corrected chi connectivity index (χ2v) is 7.23. The Bertz CT molecular complexity index is 848. The SMILES string of the molecule is CCC(Sc1ccc(Cl)cc1)C(=O)Nc1ccc2ccccc2c1. The molecule has 1 amide bonds. The normalized spacial score (nSPS) is 12.1. The van der Waals surface area contributed by atoms with Crippen molar-refractivity contribution in [1.29, 1.82) is 0 Å². The number of rotatable bonds is 5. The maximum Gasteiger partial charge on any atom is 0.237 e. The lowest BCUT2D eigenvalue weighted by Gasteiger charge is -2.15. The van der Waals surface area contributed by atoms with Crippen molar-refractivity contribution in [1.82, 2.24) is 0 Å². The van der Waals surface area contributed by atoms with Crippen molar-refractivity contribution in [2.45, 2.75) is 23.5 Å². The van der Waals surface area contributed by atoms with Crippen LogP contribution in [0, 0.1) is 0 Å². The summed E-state index contributed by atoms with van der Waals surface area (Å²) in [5.74, 6) is 0.0210. The predicted octanol–water partition coefficient (Wildman–Crippen LogP) is 6.00. The van der Waals surface area contributed by atoms with Crippen molar-refractivity contribution in [3.8, 4) is 0 Å². The minimum atomic E-state index is -0.141. The van der Waals surface area contributed by atoms with Crippen LogP contribution in [0.15, 0.2) is 71.6 Å². The van der Waals surface area contributed by atoms with Crippen molar-refractivity contribution in [3.05, 3.63) is 71.8 Å². The smallest absolute Gasteiger partial charge is 0.237 e. The highest BCUT2D eigenvalue weighted by Crippen LogP contribution is 2.28. The molecule has 1 unspecified atom stereocenters. The van der Waals surface area contributed by atoms with Crippen LogP contribution in [0.5, 0.6) is 0 Å². The predicted molar refractivity (Wildman–Crippen MR) is 104 cm³/mol. The summed E-state index contributed by atoms with van der Waals surface area (Å²) in [5, 5.41) is 5.88. The molecule has 122 valence electrons. The van der Waals surface area contributed by atoms with Gasteiger partial charge >= 0.3 is 0 Å². The standard InChI is InChI=1S/C20H18ClNOS/c1-2-19(24-18-11-8-16(21)9-12-18)20(23)22-17-10-7-14-5-3-4-6-15(14)13-17/h3-13,19H,2H2,1H3,(H,22,23). The van der Waals surface area contributed by atoms with Gasteiger partial charge < -0.3 is 5.32 Å². The molecule has 24 heavy (non-hydrogen) atoms. The maximum absolute atomic E-state index is 12.6. The number of fused-ring (bicyclic) bond motifs is 1. The van der Waals surface area contributed by atoms with Crippen LogP contribution in [-0.4, -0.2) is 11.2 Å². The molecule has 0 saturated heterocycles. The molecule has 1 atom stereocenters. The Labute approximate surface area is 151 Å². The molecule has 0 aliphatic rings. The first-order chi connectivity index (χ1) is 11.7. The molecule has 0 spiro atoms. The Hall–Kier alpha value is -1.97. The molecule has 4 heteroatoms. The highest BCUT2D eigenvalue weighted by molar-refractivity contribution is 8.00. The monoisotopic (exact) mass is 355 g/mol. The summed E-state index contributed by atoms with van der Waals surface area (Å²) in [5.41, 5.74) is 0.828. The van der Waals surface area contributed by atoms with E-state index in [1.807, 2.05) is 67.6 Å². The van der Waals surface area contributed by atoms with Gasteiger partial charge in [0, 0.05) is 15.6 Å². The molecule has 0 bridgehead atoms. The molecule has 0 aliphatic heterocycles. The number of carbonyl (C=O) groups excluding carboxylic acids is 1. The Morgan fingerprint density at radius 1 is 1.04 bits per heavy atom. The number of benzene rings is 3. The lowest BCUT2D eigenvalue weighted by molar-refractivity contribution is -0.115. The van der Waals surface area contributed by atoms with Gasteiger partial charge in [0.1, 0.15) is 0 Å². The first kappa shape index (κ1) is 16.9. The van der Waals surface area contributed by atoms with E-state index in [4.69, 9.17) is 11.6 Å². The summed E-state index contributed by atoms with van der Waals surface area (Å²) in [7, 11) is 0. The van der Waals surface area contributed by atoms with Gasteiger partial charge in [-0.05, 0) is 53.6 Å². The number of hydrogen-bond donors (Lipinski definition) is 1. The molecule has 3 rings (SSSR count). The zero-order valence-corrected chi connectivity index (χ0v) is 14.9. The third kappa shape index (κ3) is 4.11. The highest BCUT2D eigenvalue weighted by Gasteiger charge is 2.18. The van der Waals surface area contributed by atoms with Crippen LogP contribution in [0.3, 0.4) is 0 Å². The minimum Gasteiger partial charge on any atom is -0.325 e. The second-order valence-electron chi connectivity index (χ2n) is 5.52. The van der Waals surface area contributed by atoms with Crippen molar-refractivity contribution in [3.63, 3.8) is 0 Å². The van der Waals surface area contributed by atoms with Gasteiger partial charge in [0.2, 0.25) is 5.91 Å². The Balaban J connectivity index is 1.72.